The molecule has 2 N–H and O–H groups in total. The molecule has 0 heterocycles. The quantitative estimate of drug-likeness (QED) is 0.825. The van der Waals surface area contributed by atoms with Crippen LogP contribution in [0.3, 0.4) is 0 Å². The van der Waals surface area contributed by atoms with E-state index in [-0.39, 0.29) is 18.1 Å². The Morgan fingerprint density at radius 2 is 1.50 bits per heavy atom. The third-order valence-corrected chi connectivity index (χ3v) is 4.11. The summed E-state index contributed by atoms with van der Waals surface area (Å²) in [5.41, 5.74) is 2.73. The van der Waals surface area contributed by atoms with E-state index < -0.39 is 11.4 Å². The van der Waals surface area contributed by atoms with Crippen molar-refractivity contribution in [3.05, 3.63) is 47.0 Å². The summed E-state index contributed by atoms with van der Waals surface area (Å²) in [6, 6.07) is 8.86. The first-order valence-electron chi connectivity index (χ1n) is 7.99. The van der Waals surface area contributed by atoms with Gasteiger partial charge in [-0.15, -0.1) is 0 Å². The van der Waals surface area contributed by atoms with E-state index in [1.54, 1.807) is 20.8 Å². The second-order valence-electron chi connectivity index (χ2n) is 6.61. The Morgan fingerprint density at radius 1 is 1.00 bits per heavy atom. The second kappa shape index (κ2) is 6.56. The van der Waals surface area contributed by atoms with Crippen molar-refractivity contribution in [3.63, 3.8) is 0 Å². The van der Waals surface area contributed by atoms with Gasteiger partial charge in [-0.25, -0.2) is 0 Å². The van der Waals surface area contributed by atoms with Crippen LogP contribution in [0.2, 0.25) is 0 Å². The summed E-state index contributed by atoms with van der Waals surface area (Å²) in [7, 11) is 0. The molecule has 2 aromatic rings. The maximum absolute atomic E-state index is 12.1. The fraction of sp³-hybridized carbons (Fsp3) is 0.350. The van der Waals surface area contributed by atoms with Gasteiger partial charge in [0.2, 0.25) is 0 Å². The molecule has 128 valence electrons. The first-order chi connectivity index (χ1) is 11.2. The molecule has 0 aromatic heterocycles. The number of rotatable bonds is 4. The molecule has 0 radical (unpaired) electrons. The van der Waals surface area contributed by atoms with Crippen molar-refractivity contribution >= 4 is 5.97 Å². The molecule has 0 aliphatic rings. The van der Waals surface area contributed by atoms with E-state index >= 15 is 0 Å². The third kappa shape index (κ3) is 3.37. The number of hydrogen-bond donors (Lipinski definition) is 2. The molecule has 0 fully saturated rings. The average Bonchev–Trinajstić information content (AvgIpc) is 2.45. The Kier molecular flexibility index (Phi) is 4.88. The molecular weight excluding hydrogens is 304 g/mol. The summed E-state index contributed by atoms with van der Waals surface area (Å²) in [6.45, 7) is 9.35. The zero-order chi connectivity index (χ0) is 18.1. The highest BCUT2D eigenvalue weighted by Gasteiger charge is 2.33. The number of phenolic OH excluding ortho intramolecular Hbond substituents is 2. The van der Waals surface area contributed by atoms with E-state index in [1.165, 1.54) is 12.1 Å². The molecule has 2 aromatic carbocycles. The van der Waals surface area contributed by atoms with Gasteiger partial charge in [0.05, 0.1) is 17.6 Å². The Labute approximate surface area is 142 Å². The standard InChI is InChI=1S/C20H24O4/c1-6-24-19(23)20(4,5)15-10-16(21)18(17(22)11-15)14-8-12(2)7-13(3)9-14/h7-11,21-22H,6H2,1-5H3. The molecule has 0 unspecified atom stereocenters. The molecule has 24 heavy (non-hydrogen) atoms. The van der Waals surface area contributed by atoms with Crippen molar-refractivity contribution in [2.45, 2.75) is 40.0 Å². The highest BCUT2D eigenvalue weighted by molar-refractivity contribution is 5.85. The smallest absolute Gasteiger partial charge is 0.315 e. The van der Waals surface area contributed by atoms with Gasteiger partial charge in [-0.05, 0) is 57.9 Å². The number of carbonyl (C=O) groups is 1. The first-order valence-corrected chi connectivity index (χ1v) is 7.99. The number of ether oxygens (including phenoxy) is 1. The van der Waals surface area contributed by atoms with Crippen LogP contribution in [0.25, 0.3) is 11.1 Å². The van der Waals surface area contributed by atoms with Crippen LogP contribution in [0.4, 0.5) is 0 Å². The molecule has 4 heteroatoms. The Hall–Kier alpha value is -2.49. The highest BCUT2D eigenvalue weighted by Crippen LogP contribution is 2.41. The summed E-state index contributed by atoms with van der Waals surface area (Å²) in [6.07, 6.45) is 0. The van der Waals surface area contributed by atoms with Gasteiger partial charge >= 0.3 is 5.97 Å². The summed E-state index contributed by atoms with van der Waals surface area (Å²) >= 11 is 0. The molecule has 2 rings (SSSR count). The zero-order valence-electron chi connectivity index (χ0n) is 14.8. The summed E-state index contributed by atoms with van der Waals surface area (Å²) in [5.74, 6) is -0.525. The number of esters is 1. The molecule has 0 saturated carbocycles. The summed E-state index contributed by atoms with van der Waals surface area (Å²) in [4.78, 5) is 12.1. The number of hydrogen-bond acceptors (Lipinski definition) is 4. The second-order valence-corrected chi connectivity index (χ2v) is 6.61. The molecule has 0 saturated heterocycles. The first kappa shape index (κ1) is 17.9. The molecule has 0 spiro atoms. The van der Waals surface area contributed by atoms with Crippen LogP contribution >= 0.6 is 0 Å². The van der Waals surface area contributed by atoms with Gasteiger partial charge in [-0.3, -0.25) is 4.79 Å². The molecule has 0 aliphatic heterocycles. The number of benzene rings is 2. The maximum atomic E-state index is 12.1. The van der Waals surface area contributed by atoms with Gasteiger partial charge in [0.1, 0.15) is 11.5 Å². The van der Waals surface area contributed by atoms with Gasteiger partial charge < -0.3 is 14.9 Å². The van der Waals surface area contributed by atoms with Gasteiger partial charge in [0.25, 0.3) is 0 Å². The lowest BCUT2D eigenvalue weighted by molar-refractivity contribution is -0.148. The topological polar surface area (TPSA) is 66.8 Å². The maximum Gasteiger partial charge on any atom is 0.315 e. The van der Waals surface area contributed by atoms with Crippen LogP contribution in [0, 0.1) is 13.8 Å². The van der Waals surface area contributed by atoms with Crippen molar-refractivity contribution in [1.82, 2.24) is 0 Å². The van der Waals surface area contributed by atoms with Gasteiger partial charge in [0.15, 0.2) is 0 Å². The number of aromatic hydroxyl groups is 2. The van der Waals surface area contributed by atoms with Crippen LogP contribution in [0.1, 0.15) is 37.5 Å². The molecule has 0 aliphatic carbocycles. The van der Waals surface area contributed by atoms with Gasteiger partial charge in [-0.1, -0.05) is 29.3 Å². The lowest BCUT2D eigenvalue weighted by Crippen LogP contribution is -2.31. The SMILES string of the molecule is CCOC(=O)C(C)(C)c1cc(O)c(-c2cc(C)cc(C)c2)c(O)c1. The minimum absolute atomic E-state index is 0.0626. The van der Waals surface area contributed by atoms with Crippen molar-refractivity contribution in [2.75, 3.05) is 6.61 Å². The Balaban J connectivity index is 2.55. The van der Waals surface area contributed by atoms with Crippen LogP contribution in [0.5, 0.6) is 11.5 Å². The van der Waals surface area contributed by atoms with Crippen molar-refractivity contribution < 1.29 is 19.7 Å². The third-order valence-electron chi connectivity index (χ3n) is 4.11. The van der Waals surface area contributed by atoms with Crippen LogP contribution in [0.15, 0.2) is 30.3 Å². The van der Waals surface area contributed by atoms with E-state index in [9.17, 15) is 15.0 Å². The van der Waals surface area contributed by atoms with E-state index in [1.807, 2.05) is 32.0 Å². The van der Waals surface area contributed by atoms with E-state index in [4.69, 9.17) is 4.74 Å². The highest BCUT2D eigenvalue weighted by atomic mass is 16.5. The predicted molar refractivity (Wildman–Crippen MR) is 94.3 cm³/mol. The minimum Gasteiger partial charge on any atom is -0.507 e. The van der Waals surface area contributed by atoms with Crippen molar-refractivity contribution in [1.29, 1.82) is 0 Å². The van der Waals surface area contributed by atoms with Crippen LogP contribution in [-0.2, 0) is 14.9 Å². The van der Waals surface area contributed by atoms with E-state index in [0.29, 0.717) is 11.1 Å². The lowest BCUT2D eigenvalue weighted by atomic mass is 9.83. The van der Waals surface area contributed by atoms with Crippen molar-refractivity contribution in [3.8, 4) is 22.6 Å². The zero-order valence-corrected chi connectivity index (χ0v) is 14.8. The van der Waals surface area contributed by atoms with Crippen LogP contribution in [-0.4, -0.2) is 22.8 Å². The van der Waals surface area contributed by atoms with E-state index in [0.717, 1.165) is 16.7 Å². The minimum atomic E-state index is -0.966. The predicted octanol–water partition coefficient (Wildman–Crippen LogP) is 4.22. The molecule has 0 atom stereocenters. The van der Waals surface area contributed by atoms with E-state index in [2.05, 4.69) is 0 Å². The fourth-order valence-corrected chi connectivity index (χ4v) is 2.82. The summed E-state index contributed by atoms with van der Waals surface area (Å²) in [5, 5.41) is 20.9. The monoisotopic (exact) mass is 328 g/mol. The van der Waals surface area contributed by atoms with Gasteiger partial charge in [-0.2, -0.15) is 0 Å². The number of aryl methyl sites for hydroxylation is 2. The van der Waals surface area contributed by atoms with Gasteiger partial charge in [0, 0.05) is 0 Å². The van der Waals surface area contributed by atoms with Crippen molar-refractivity contribution in [2.24, 2.45) is 0 Å². The Morgan fingerprint density at radius 3 is 1.96 bits per heavy atom. The normalized spacial score (nSPS) is 11.4. The summed E-state index contributed by atoms with van der Waals surface area (Å²) < 4.78 is 5.08. The fourth-order valence-electron chi connectivity index (χ4n) is 2.82. The Bertz CT molecular complexity index is 732. The largest absolute Gasteiger partial charge is 0.507 e. The molecule has 0 bridgehead atoms. The average molecular weight is 328 g/mol. The number of carbonyl (C=O) groups excluding carboxylic acids is 1. The molecular formula is C20H24O4. The molecule has 4 nitrogen and oxygen atoms in total. The lowest BCUT2D eigenvalue weighted by Gasteiger charge is -2.24. The molecule has 0 amide bonds. The van der Waals surface area contributed by atoms with Crippen LogP contribution < -0.4 is 0 Å². The number of phenols is 2.